The van der Waals surface area contributed by atoms with Crippen LogP contribution in [0.25, 0.3) is 0 Å². The first-order chi connectivity index (χ1) is 11.5. The van der Waals surface area contributed by atoms with Gasteiger partial charge in [0.15, 0.2) is 12.4 Å². The van der Waals surface area contributed by atoms with Crippen LogP contribution in [0, 0.1) is 17.0 Å². The molecule has 0 radical (unpaired) electrons. The van der Waals surface area contributed by atoms with Crippen molar-refractivity contribution in [1.82, 2.24) is 0 Å². The Kier molecular flexibility index (Phi) is 5.73. The van der Waals surface area contributed by atoms with Crippen LogP contribution in [0.2, 0.25) is 0 Å². The Morgan fingerprint density at radius 1 is 1.17 bits per heavy atom. The van der Waals surface area contributed by atoms with E-state index in [1.807, 2.05) is 6.92 Å². The van der Waals surface area contributed by atoms with Crippen molar-refractivity contribution in [3.05, 3.63) is 58.1 Å². The summed E-state index contributed by atoms with van der Waals surface area (Å²) in [6, 6.07) is 11.4. The molecular weight excluding hydrogens is 312 g/mol. The van der Waals surface area contributed by atoms with Crippen molar-refractivity contribution in [3.63, 3.8) is 0 Å². The van der Waals surface area contributed by atoms with Crippen molar-refractivity contribution in [2.24, 2.45) is 0 Å². The van der Waals surface area contributed by atoms with E-state index in [2.05, 4.69) is 5.32 Å². The molecule has 24 heavy (non-hydrogen) atoms. The van der Waals surface area contributed by atoms with Gasteiger partial charge in [0.25, 0.3) is 5.91 Å². The van der Waals surface area contributed by atoms with Crippen LogP contribution in [0.5, 0.6) is 11.5 Å². The number of nitro benzene ring substituents is 1. The van der Waals surface area contributed by atoms with E-state index in [-0.39, 0.29) is 18.0 Å². The van der Waals surface area contributed by atoms with E-state index < -0.39 is 10.8 Å². The molecule has 0 aromatic heterocycles. The van der Waals surface area contributed by atoms with Gasteiger partial charge in [-0.2, -0.15) is 0 Å². The molecule has 0 spiro atoms. The molecule has 2 aromatic rings. The van der Waals surface area contributed by atoms with Crippen molar-refractivity contribution >= 4 is 17.3 Å². The zero-order valence-corrected chi connectivity index (χ0v) is 13.4. The van der Waals surface area contributed by atoms with E-state index in [0.717, 1.165) is 5.56 Å². The number of carbonyl (C=O) groups excluding carboxylic acids is 1. The molecule has 2 aromatic carbocycles. The molecule has 1 N–H and O–H groups in total. The van der Waals surface area contributed by atoms with Crippen LogP contribution in [-0.2, 0) is 4.79 Å². The van der Waals surface area contributed by atoms with Crippen molar-refractivity contribution in [3.8, 4) is 11.5 Å². The molecule has 126 valence electrons. The highest BCUT2D eigenvalue weighted by Crippen LogP contribution is 2.27. The zero-order chi connectivity index (χ0) is 17.5. The molecule has 0 saturated heterocycles. The maximum Gasteiger partial charge on any atom is 0.310 e. The number of nitro groups is 1. The summed E-state index contributed by atoms with van der Waals surface area (Å²) in [4.78, 5) is 22.3. The Morgan fingerprint density at radius 2 is 1.88 bits per heavy atom. The molecule has 2 rings (SSSR count). The summed E-state index contributed by atoms with van der Waals surface area (Å²) in [5.74, 6) is 0.374. The predicted octanol–water partition coefficient (Wildman–Crippen LogP) is 3.32. The number of anilines is 1. The lowest BCUT2D eigenvalue weighted by Crippen LogP contribution is -2.20. The van der Waals surface area contributed by atoms with E-state index >= 15 is 0 Å². The number of nitrogens with one attached hydrogen (secondary N) is 1. The molecule has 0 heterocycles. The fourth-order valence-corrected chi connectivity index (χ4v) is 2.03. The Balaban J connectivity index is 1.96. The molecule has 0 aliphatic rings. The lowest BCUT2D eigenvalue weighted by Gasteiger charge is -2.09. The van der Waals surface area contributed by atoms with E-state index in [0.29, 0.717) is 18.0 Å². The summed E-state index contributed by atoms with van der Waals surface area (Å²) in [6.07, 6.45) is 0. The SMILES string of the molecule is CCOc1ccc(NC(=O)COc2cc(C)ccc2[N+](=O)[O-])cc1. The highest BCUT2D eigenvalue weighted by atomic mass is 16.6. The Bertz CT molecular complexity index is 728. The van der Waals surface area contributed by atoms with Crippen molar-refractivity contribution in [2.45, 2.75) is 13.8 Å². The van der Waals surface area contributed by atoms with Crippen LogP contribution >= 0.6 is 0 Å². The van der Waals surface area contributed by atoms with Gasteiger partial charge >= 0.3 is 5.69 Å². The van der Waals surface area contributed by atoms with Crippen molar-refractivity contribution < 1.29 is 19.2 Å². The summed E-state index contributed by atoms with van der Waals surface area (Å²) in [7, 11) is 0. The molecule has 0 aliphatic heterocycles. The molecular formula is C17H18N2O5. The molecule has 0 atom stereocenters. The minimum atomic E-state index is -0.543. The van der Waals surface area contributed by atoms with Gasteiger partial charge in [-0.1, -0.05) is 6.07 Å². The average molecular weight is 330 g/mol. The molecule has 1 amide bonds. The lowest BCUT2D eigenvalue weighted by atomic mass is 10.2. The van der Waals surface area contributed by atoms with Crippen molar-refractivity contribution in [2.75, 3.05) is 18.5 Å². The van der Waals surface area contributed by atoms with Crippen LogP contribution in [0.1, 0.15) is 12.5 Å². The van der Waals surface area contributed by atoms with Crippen LogP contribution in [0.4, 0.5) is 11.4 Å². The quantitative estimate of drug-likeness (QED) is 0.621. The van der Waals surface area contributed by atoms with E-state index in [1.165, 1.54) is 12.1 Å². The molecule has 0 aliphatic carbocycles. The minimum absolute atomic E-state index is 0.0712. The molecule has 0 fully saturated rings. The van der Waals surface area contributed by atoms with Gasteiger partial charge < -0.3 is 14.8 Å². The maximum absolute atomic E-state index is 11.9. The number of benzene rings is 2. The highest BCUT2D eigenvalue weighted by Gasteiger charge is 2.16. The molecule has 7 nitrogen and oxygen atoms in total. The van der Waals surface area contributed by atoms with Crippen molar-refractivity contribution in [1.29, 1.82) is 0 Å². The van der Waals surface area contributed by atoms with Gasteiger partial charge in [0.05, 0.1) is 11.5 Å². The minimum Gasteiger partial charge on any atom is -0.494 e. The topological polar surface area (TPSA) is 90.7 Å². The molecule has 0 unspecified atom stereocenters. The monoisotopic (exact) mass is 330 g/mol. The Labute approximate surface area is 139 Å². The molecule has 7 heteroatoms. The smallest absolute Gasteiger partial charge is 0.310 e. The normalized spacial score (nSPS) is 10.1. The third-order valence-electron chi connectivity index (χ3n) is 3.12. The summed E-state index contributed by atoms with van der Waals surface area (Å²) < 4.78 is 10.6. The number of nitrogens with zero attached hydrogens (tertiary/aromatic N) is 1. The summed E-state index contributed by atoms with van der Waals surface area (Å²) in [5, 5.41) is 13.6. The van der Waals surface area contributed by atoms with Crippen LogP contribution < -0.4 is 14.8 Å². The van der Waals surface area contributed by atoms with Gasteiger partial charge in [0, 0.05) is 11.8 Å². The van der Waals surface area contributed by atoms with Gasteiger partial charge in [0.2, 0.25) is 0 Å². The second-order valence-electron chi connectivity index (χ2n) is 5.02. The van der Waals surface area contributed by atoms with Crippen LogP contribution in [0.3, 0.4) is 0 Å². The average Bonchev–Trinajstić information content (AvgIpc) is 2.55. The number of aryl methyl sites for hydroxylation is 1. The number of hydrogen-bond acceptors (Lipinski definition) is 5. The lowest BCUT2D eigenvalue weighted by molar-refractivity contribution is -0.385. The maximum atomic E-state index is 11.9. The number of carbonyl (C=O) groups is 1. The second-order valence-corrected chi connectivity index (χ2v) is 5.02. The van der Waals surface area contributed by atoms with Gasteiger partial charge in [-0.3, -0.25) is 14.9 Å². The van der Waals surface area contributed by atoms with Gasteiger partial charge in [-0.05, 0) is 49.7 Å². The molecule has 0 bridgehead atoms. The number of rotatable bonds is 7. The van der Waals surface area contributed by atoms with E-state index in [9.17, 15) is 14.9 Å². The van der Waals surface area contributed by atoms with Gasteiger partial charge in [-0.25, -0.2) is 0 Å². The largest absolute Gasteiger partial charge is 0.494 e. The van der Waals surface area contributed by atoms with Crippen LogP contribution in [-0.4, -0.2) is 24.0 Å². The van der Waals surface area contributed by atoms with E-state index in [4.69, 9.17) is 9.47 Å². The Hall–Kier alpha value is -3.09. The zero-order valence-electron chi connectivity index (χ0n) is 13.4. The van der Waals surface area contributed by atoms with Gasteiger partial charge in [0.1, 0.15) is 5.75 Å². The molecule has 0 saturated carbocycles. The first-order valence-corrected chi connectivity index (χ1v) is 7.40. The fraction of sp³-hybridized carbons (Fsp3) is 0.235. The second kappa shape index (κ2) is 7.96. The third kappa shape index (κ3) is 4.70. The Morgan fingerprint density at radius 3 is 2.50 bits per heavy atom. The van der Waals surface area contributed by atoms with E-state index in [1.54, 1.807) is 37.3 Å². The third-order valence-corrected chi connectivity index (χ3v) is 3.12. The number of ether oxygens (including phenoxy) is 2. The first-order valence-electron chi connectivity index (χ1n) is 7.40. The number of hydrogen-bond donors (Lipinski definition) is 1. The standard InChI is InChI=1S/C17H18N2O5/c1-3-23-14-7-5-13(6-8-14)18-17(20)11-24-16-10-12(2)4-9-15(16)19(21)22/h4-10H,3,11H2,1-2H3,(H,18,20). The fourth-order valence-electron chi connectivity index (χ4n) is 2.03. The summed E-state index contributed by atoms with van der Waals surface area (Å²) >= 11 is 0. The van der Waals surface area contributed by atoms with Gasteiger partial charge in [-0.15, -0.1) is 0 Å². The predicted molar refractivity (Wildman–Crippen MR) is 89.6 cm³/mol. The van der Waals surface area contributed by atoms with Crippen LogP contribution in [0.15, 0.2) is 42.5 Å². The highest BCUT2D eigenvalue weighted by molar-refractivity contribution is 5.91. The number of amides is 1. The first kappa shape index (κ1) is 17.3. The summed E-state index contributed by atoms with van der Waals surface area (Å²) in [5.41, 5.74) is 1.22. The summed E-state index contributed by atoms with van der Waals surface area (Å²) in [6.45, 7) is 3.92.